The van der Waals surface area contributed by atoms with E-state index in [4.69, 9.17) is 11.6 Å². The highest BCUT2D eigenvalue weighted by molar-refractivity contribution is 9.10. The minimum absolute atomic E-state index is 0.0706. The molecule has 0 atom stereocenters. The molecule has 94 valence electrons. The molecule has 0 bridgehead atoms. The second-order valence-corrected chi connectivity index (χ2v) is 5.39. The average molecular weight is 328 g/mol. The number of carbonyl (C=O) groups is 1. The van der Waals surface area contributed by atoms with Crippen molar-refractivity contribution in [1.82, 2.24) is 9.55 Å². The van der Waals surface area contributed by atoms with Gasteiger partial charge in [-0.15, -0.1) is 0 Å². The van der Waals surface area contributed by atoms with Crippen LogP contribution >= 0.6 is 27.5 Å². The average Bonchev–Trinajstić information content (AvgIpc) is 2.70. The quantitative estimate of drug-likeness (QED) is 0.803. The van der Waals surface area contributed by atoms with Crippen molar-refractivity contribution in [3.63, 3.8) is 0 Å². The highest BCUT2D eigenvalue weighted by Gasteiger charge is 2.09. The van der Waals surface area contributed by atoms with Crippen molar-refractivity contribution in [2.75, 3.05) is 0 Å². The Balaban J connectivity index is 2.06. The Morgan fingerprint density at radius 2 is 2.22 bits per heavy atom. The van der Waals surface area contributed by atoms with Gasteiger partial charge in [-0.2, -0.15) is 0 Å². The van der Waals surface area contributed by atoms with E-state index in [2.05, 4.69) is 20.9 Å². The lowest BCUT2D eigenvalue weighted by Crippen LogP contribution is -2.04. The molecule has 0 fully saturated rings. The monoisotopic (exact) mass is 326 g/mol. The summed E-state index contributed by atoms with van der Waals surface area (Å²) in [5, 5.41) is 0.560. The number of imidazole rings is 1. The van der Waals surface area contributed by atoms with E-state index in [1.54, 1.807) is 24.4 Å². The molecule has 0 saturated heterocycles. The van der Waals surface area contributed by atoms with Gasteiger partial charge in [0.25, 0.3) is 0 Å². The Hall–Kier alpha value is -1.13. The standard InChI is InChI=1S/C13H12BrClN2O/c1-17-5-4-16-13(17)3-2-12(18)9-6-10(14)8-11(15)7-9/h4-8H,2-3H2,1H3. The van der Waals surface area contributed by atoms with Gasteiger partial charge in [-0.1, -0.05) is 27.5 Å². The van der Waals surface area contributed by atoms with Crippen LogP contribution in [0.2, 0.25) is 5.02 Å². The summed E-state index contributed by atoms with van der Waals surface area (Å²) in [6.45, 7) is 0. The summed E-state index contributed by atoms with van der Waals surface area (Å²) in [4.78, 5) is 16.2. The second-order valence-electron chi connectivity index (χ2n) is 4.04. The number of rotatable bonds is 4. The first-order valence-electron chi connectivity index (χ1n) is 5.52. The van der Waals surface area contributed by atoms with Crippen LogP contribution in [0, 0.1) is 0 Å². The second kappa shape index (κ2) is 5.67. The normalized spacial score (nSPS) is 10.6. The maximum atomic E-state index is 12.0. The van der Waals surface area contributed by atoms with Crippen molar-refractivity contribution in [1.29, 1.82) is 0 Å². The number of benzene rings is 1. The molecule has 0 aliphatic heterocycles. The summed E-state index contributed by atoms with van der Waals surface area (Å²) < 4.78 is 2.73. The lowest BCUT2D eigenvalue weighted by Gasteiger charge is -2.03. The van der Waals surface area contributed by atoms with Gasteiger partial charge >= 0.3 is 0 Å². The van der Waals surface area contributed by atoms with Crippen LogP contribution in [0.15, 0.2) is 35.1 Å². The van der Waals surface area contributed by atoms with Crippen LogP contribution in [0.25, 0.3) is 0 Å². The number of aryl methyl sites for hydroxylation is 2. The van der Waals surface area contributed by atoms with Gasteiger partial charge in [0.2, 0.25) is 0 Å². The van der Waals surface area contributed by atoms with Gasteiger partial charge in [-0.25, -0.2) is 4.98 Å². The minimum atomic E-state index is 0.0706. The lowest BCUT2D eigenvalue weighted by atomic mass is 10.1. The fourth-order valence-corrected chi connectivity index (χ4v) is 2.58. The van der Waals surface area contributed by atoms with E-state index in [-0.39, 0.29) is 5.78 Å². The van der Waals surface area contributed by atoms with Crippen LogP contribution in [0.1, 0.15) is 22.6 Å². The third-order valence-electron chi connectivity index (χ3n) is 2.68. The molecular weight excluding hydrogens is 316 g/mol. The van der Waals surface area contributed by atoms with Gasteiger partial charge < -0.3 is 4.57 Å². The van der Waals surface area contributed by atoms with Crippen LogP contribution in [0.3, 0.4) is 0 Å². The summed E-state index contributed by atoms with van der Waals surface area (Å²) in [5.74, 6) is 0.977. The van der Waals surface area contributed by atoms with Gasteiger partial charge in [-0.3, -0.25) is 4.79 Å². The molecule has 0 radical (unpaired) electrons. The van der Waals surface area contributed by atoms with E-state index < -0.39 is 0 Å². The summed E-state index contributed by atoms with van der Waals surface area (Å²) >= 11 is 9.25. The predicted octanol–water partition coefficient (Wildman–Crippen LogP) is 3.65. The largest absolute Gasteiger partial charge is 0.338 e. The highest BCUT2D eigenvalue weighted by Crippen LogP contribution is 2.20. The topological polar surface area (TPSA) is 34.9 Å². The summed E-state index contributed by atoms with van der Waals surface area (Å²) in [7, 11) is 1.92. The molecule has 0 spiro atoms. The fourth-order valence-electron chi connectivity index (χ4n) is 1.72. The molecule has 0 unspecified atom stereocenters. The molecule has 0 saturated carbocycles. The maximum absolute atomic E-state index is 12.0. The first-order valence-corrected chi connectivity index (χ1v) is 6.69. The zero-order valence-corrected chi connectivity index (χ0v) is 12.2. The minimum Gasteiger partial charge on any atom is -0.338 e. The number of hydrogen-bond donors (Lipinski definition) is 0. The molecule has 3 nitrogen and oxygen atoms in total. The van der Waals surface area contributed by atoms with Gasteiger partial charge in [0.1, 0.15) is 5.82 Å². The van der Waals surface area contributed by atoms with Crippen LogP contribution in [0.4, 0.5) is 0 Å². The van der Waals surface area contributed by atoms with Gasteiger partial charge in [0.15, 0.2) is 5.78 Å². The third kappa shape index (κ3) is 3.21. The number of halogens is 2. The Labute approximate surface area is 119 Å². The molecule has 5 heteroatoms. The maximum Gasteiger partial charge on any atom is 0.163 e. The Bertz CT molecular complexity index is 560. The predicted molar refractivity (Wildman–Crippen MR) is 75.0 cm³/mol. The SMILES string of the molecule is Cn1ccnc1CCC(=O)c1cc(Cl)cc(Br)c1. The number of nitrogens with zero attached hydrogens (tertiary/aromatic N) is 2. The van der Waals surface area contributed by atoms with Gasteiger partial charge in [-0.05, 0) is 18.2 Å². The summed E-state index contributed by atoms with van der Waals surface area (Å²) in [6, 6.07) is 5.23. The third-order valence-corrected chi connectivity index (χ3v) is 3.36. The molecule has 0 aliphatic carbocycles. The molecule has 2 rings (SSSR count). The van der Waals surface area contributed by atoms with E-state index in [9.17, 15) is 4.79 Å². The number of aromatic nitrogens is 2. The molecular formula is C13H12BrClN2O. The first-order chi connectivity index (χ1) is 8.56. The van der Waals surface area contributed by atoms with E-state index in [0.717, 1.165) is 10.3 Å². The molecule has 1 aromatic heterocycles. The molecule has 2 aromatic rings. The molecule has 1 aromatic carbocycles. The van der Waals surface area contributed by atoms with E-state index in [1.165, 1.54) is 0 Å². The van der Waals surface area contributed by atoms with Crippen molar-refractivity contribution in [3.05, 3.63) is 51.5 Å². The Kier molecular flexibility index (Phi) is 4.19. The van der Waals surface area contributed by atoms with Crippen molar-refractivity contribution in [3.8, 4) is 0 Å². The zero-order chi connectivity index (χ0) is 13.1. The molecule has 18 heavy (non-hydrogen) atoms. The van der Waals surface area contributed by atoms with Gasteiger partial charge in [0.05, 0.1) is 0 Å². The number of ketones is 1. The number of carbonyl (C=O) groups excluding carboxylic acids is 1. The molecule has 0 aliphatic rings. The Morgan fingerprint density at radius 3 is 2.83 bits per heavy atom. The fraction of sp³-hybridized carbons (Fsp3) is 0.231. The Morgan fingerprint density at radius 1 is 1.44 bits per heavy atom. The van der Waals surface area contributed by atoms with Crippen molar-refractivity contribution >= 4 is 33.3 Å². The molecule has 1 heterocycles. The van der Waals surface area contributed by atoms with Crippen LogP contribution in [-0.4, -0.2) is 15.3 Å². The van der Waals surface area contributed by atoms with E-state index >= 15 is 0 Å². The summed E-state index contributed by atoms with van der Waals surface area (Å²) in [6.07, 6.45) is 4.66. The molecule has 0 amide bonds. The highest BCUT2D eigenvalue weighted by atomic mass is 79.9. The molecule has 0 N–H and O–H groups in total. The zero-order valence-electron chi connectivity index (χ0n) is 9.86. The van der Waals surface area contributed by atoms with E-state index in [0.29, 0.717) is 23.4 Å². The number of hydrogen-bond acceptors (Lipinski definition) is 2. The smallest absolute Gasteiger partial charge is 0.163 e. The summed E-state index contributed by atoms with van der Waals surface area (Å²) in [5.41, 5.74) is 0.628. The van der Waals surface area contributed by atoms with Crippen LogP contribution in [-0.2, 0) is 13.5 Å². The van der Waals surface area contributed by atoms with E-state index in [1.807, 2.05) is 17.8 Å². The number of Topliss-reactive ketones (excluding diaryl/α,β-unsaturated/α-hetero) is 1. The van der Waals surface area contributed by atoms with Crippen LogP contribution < -0.4 is 0 Å². The van der Waals surface area contributed by atoms with Crippen LogP contribution in [0.5, 0.6) is 0 Å². The first kappa shape index (κ1) is 13.3. The lowest BCUT2D eigenvalue weighted by molar-refractivity contribution is 0.0982. The van der Waals surface area contributed by atoms with Crippen molar-refractivity contribution in [2.24, 2.45) is 7.05 Å². The van der Waals surface area contributed by atoms with Gasteiger partial charge in [0, 0.05) is 47.3 Å². The van der Waals surface area contributed by atoms with Crippen molar-refractivity contribution < 1.29 is 4.79 Å². The van der Waals surface area contributed by atoms with Crippen molar-refractivity contribution in [2.45, 2.75) is 12.8 Å².